The first-order valence-electron chi connectivity index (χ1n) is 2.79. The molecule has 1 N–H and O–H groups in total. The zero-order valence-electron chi connectivity index (χ0n) is 5.72. The second-order valence-electron chi connectivity index (χ2n) is 1.98. The van der Waals surface area contributed by atoms with Crippen LogP contribution in [0.25, 0.3) is 0 Å². The van der Waals surface area contributed by atoms with Crippen molar-refractivity contribution in [1.29, 1.82) is 0 Å². The molecule has 1 aromatic rings. The first-order chi connectivity index (χ1) is 5.84. The molecule has 0 amide bonds. The van der Waals surface area contributed by atoms with Crippen molar-refractivity contribution in [3.05, 3.63) is 15.0 Å². The molecule has 0 spiro atoms. The number of halogens is 4. The number of nitrogens with zero attached hydrogens (tertiary/aromatic N) is 1. The second kappa shape index (κ2) is 3.26. The molecule has 0 saturated heterocycles. The minimum Gasteiger partial charge on any atom is -0.478 e. The third-order valence-corrected chi connectivity index (χ3v) is 2.60. The average molecular weight is 276 g/mol. The minimum absolute atomic E-state index is 0.132. The number of carboxylic acid groups (broad SMARTS) is 1. The fraction of sp³-hybridized carbons (Fsp3) is 0.200. The van der Waals surface area contributed by atoms with Gasteiger partial charge in [0.2, 0.25) is 0 Å². The maximum atomic E-state index is 12.1. The predicted molar refractivity (Wildman–Crippen MR) is 41.8 cm³/mol. The van der Waals surface area contributed by atoms with E-state index in [4.69, 9.17) is 5.11 Å². The highest BCUT2D eigenvalue weighted by atomic mass is 79.9. The first kappa shape index (κ1) is 10.5. The SMILES string of the molecule is O=C(O)c1c(C(F)(F)F)nsc1Br. The molecule has 0 aliphatic heterocycles. The van der Waals surface area contributed by atoms with E-state index in [0.29, 0.717) is 11.5 Å². The Kier molecular flexibility index (Phi) is 2.62. The van der Waals surface area contributed by atoms with Crippen LogP contribution in [0.4, 0.5) is 13.2 Å². The van der Waals surface area contributed by atoms with E-state index in [1.54, 1.807) is 0 Å². The van der Waals surface area contributed by atoms with Gasteiger partial charge < -0.3 is 5.11 Å². The van der Waals surface area contributed by atoms with E-state index in [-0.39, 0.29) is 3.79 Å². The third-order valence-electron chi connectivity index (χ3n) is 1.13. The monoisotopic (exact) mass is 275 g/mol. The van der Waals surface area contributed by atoms with Crippen molar-refractivity contribution < 1.29 is 23.1 Å². The molecule has 0 bridgehead atoms. The largest absolute Gasteiger partial charge is 0.478 e. The van der Waals surface area contributed by atoms with Gasteiger partial charge in [-0.25, -0.2) is 4.79 Å². The number of aromatic carboxylic acids is 1. The molecule has 0 unspecified atom stereocenters. The highest BCUT2D eigenvalue weighted by Gasteiger charge is 2.40. The average Bonchev–Trinajstić information content (AvgIpc) is 2.28. The molecule has 0 radical (unpaired) electrons. The van der Waals surface area contributed by atoms with Gasteiger partial charge in [-0.05, 0) is 27.5 Å². The van der Waals surface area contributed by atoms with Gasteiger partial charge in [0.1, 0.15) is 9.35 Å². The standard InChI is InChI=1S/C5HBrF3NO2S/c6-3-1(4(11)12)2(10-13-3)5(7,8)9/h(H,11,12). The lowest BCUT2D eigenvalue weighted by molar-refractivity contribution is -0.141. The Morgan fingerprint density at radius 1 is 1.54 bits per heavy atom. The molecule has 1 aromatic heterocycles. The molecule has 0 atom stereocenters. The van der Waals surface area contributed by atoms with Crippen LogP contribution in [0.2, 0.25) is 0 Å². The minimum atomic E-state index is -4.73. The molecule has 1 heterocycles. The van der Waals surface area contributed by atoms with Crippen molar-refractivity contribution in [3.8, 4) is 0 Å². The summed E-state index contributed by atoms with van der Waals surface area (Å²) in [5.41, 5.74) is -2.20. The van der Waals surface area contributed by atoms with Crippen molar-refractivity contribution in [1.82, 2.24) is 4.37 Å². The zero-order valence-corrected chi connectivity index (χ0v) is 8.13. The normalized spacial score (nSPS) is 11.7. The first-order valence-corrected chi connectivity index (χ1v) is 4.36. The van der Waals surface area contributed by atoms with Gasteiger partial charge in [-0.2, -0.15) is 17.5 Å². The molecular weight excluding hydrogens is 275 g/mol. The van der Waals surface area contributed by atoms with Gasteiger partial charge in [-0.1, -0.05) is 0 Å². The Bertz CT molecular complexity index is 348. The number of carbonyl (C=O) groups is 1. The summed E-state index contributed by atoms with van der Waals surface area (Å²) in [6, 6.07) is 0. The van der Waals surface area contributed by atoms with Crippen LogP contribution >= 0.6 is 27.5 Å². The fourth-order valence-corrected chi connectivity index (χ4v) is 1.86. The van der Waals surface area contributed by atoms with Crippen molar-refractivity contribution in [2.45, 2.75) is 6.18 Å². The lowest BCUT2D eigenvalue weighted by atomic mass is 10.2. The lowest BCUT2D eigenvalue weighted by Crippen LogP contribution is -2.12. The molecule has 8 heteroatoms. The molecule has 0 aliphatic rings. The van der Waals surface area contributed by atoms with Crippen molar-refractivity contribution in [3.63, 3.8) is 0 Å². The van der Waals surface area contributed by atoms with Crippen LogP contribution in [0.3, 0.4) is 0 Å². The molecular formula is C5HBrF3NO2S. The quantitative estimate of drug-likeness (QED) is 0.857. The van der Waals surface area contributed by atoms with Gasteiger partial charge >= 0.3 is 12.1 Å². The maximum Gasteiger partial charge on any atom is 0.435 e. The summed E-state index contributed by atoms with van der Waals surface area (Å²) in [6.07, 6.45) is -4.73. The van der Waals surface area contributed by atoms with E-state index in [1.807, 2.05) is 0 Å². The Labute approximate surface area is 82.5 Å². The van der Waals surface area contributed by atoms with Crippen LogP contribution in [0.5, 0.6) is 0 Å². The van der Waals surface area contributed by atoms with Crippen LogP contribution < -0.4 is 0 Å². The van der Waals surface area contributed by atoms with Gasteiger partial charge in [0.15, 0.2) is 5.69 Å². The van der Waals surface area contributed by atoms with Gasteiger partial charge in [0.05, 0.1) is 0 Å². The highest BCUT2D eigenvalue weighted by molar-refractivity contribution is 9.11. The summed E-state index contributed by atoms with van der Waals surface area (Å²) in [5.74, 6) is -1.65. The number of hydrogen-bond acceptors (Lipinski definition) is 3. The summed E-state index contributed by atoms with van der Waals surface area (Å²) in [4.78, 5) is 10.4. The predicted octanol–water partition coefficient (Wildman–Crippen LogP) is 2.62. The van der Waals surface area contributed by atoms with Crippen molar-refractivity contribution in [2.24, 2.45) is 0 Å². The molecule has 72 valence electrons. The number of hydrogen-bond donors (Lipinski definition) is 1. The van der Waals surface area contributed by atoms with Crippen LogP contribution in [0.1, 0.15) is 16.1 Å². The van der Waals surface area contributed by atoms with Gasteiger partial charge in [-0.3, -0.25) is 0 Å². The smallest absolute Gasteiger partial charge is 0.435 e. The van der Waals surface area contributed by atoms with Crippen molar-refractivity contribution in [2.75, 3.05) is 0 Å². The second-order valence-corrected chi connectivity index (χ2v) is 4.07. The van der Waals surface area contributed by atoms with E-state index in [0.717, 1.165) is 0 Å². The van der Waals surface area contributed by atoms with E-state index >= 15 is 0 Å². The highest BCUT2D eigenvalue weighted by Crippen LogP contribution is 2.36. The lowest BCUT2D eigenvalue weighted by Gasteiger charge is -2.02. The van der Waals surface area contributed by atoms with E-state index < -0.39 is 23.4 Å². The molecule has 0 fully saturated rings. The molecule has 0 saturated carbocycles. The number of aromatic nitrogens is 1. The van der Waals surface area contributed by atoms with Crippen LogP contribution in [-0.2, 0) is 6.18 Å². The summed E-state index contributed by atoms with van der Waals surface area (Å²) in [6.45, 7) is 0. The fourth-order valence-electron chi connectivity index (χ4n) is 0.649. The van der Waals surface area contributed by atoms with E-state index in [9.17, 15) is 18.0 Å². The van der Waals surface area contributed by atoms with E-state index in [2.05, 4.69) is 20.3 Å². The van der Waals surface area contributed by atoms with Gasteiger partial charge in [-0.15, -0.1) is 0 Å². The summed E-state index contributed by atoms with van der Waals surface area (Å²) < 4.78 is 39.1. The Morgan fingerprint density at radius 3 is 2.38 bits per heavy atom. The maximum absolute atomic E-state index is 12.1. The molecule has 13 heavy (non-hydrogen) atoms. The number of carboxylic acids is 1. The summed E-state index contributed by atoms with van der Waals surface area (Å²) >= 11 is 3.14. The van der Waals surface area contributed by atoms with Crippen LogP contribution in [-0.4, -0.2) is 15.4 Å². The summed E-state index contributed by atoms with van der Waals surface area (Å²) in [5, 5.41) is 8.44. The van der Waals surface area contributed by atoms with Crippen LogP contribution in [0.15, 0.2) is 3.79 Å². The Balaban J connectivity index is 3.31. The zero-order chi connectivity index (χ0) is 10.2. The van der Waals surface area contributed by atoms with Gasteiger partial charge in [0, 0.05) is 0 Å². The van der Waals surface area contributed by atoms with E-state index in [1.165, 1.54) is 0 Å². The molecule has 0 aromatic carbocycles. The number of alkyl halides is 3. The molecule has 1 rings (SSSR count). The Morgan fingerprint density at radius 2 is 2.08 bits per heavy atom. The number of rotatable bonds is 1. The molecule has 0 aliphatic carbocycles. The van der Waals surface area contributed by atoms with Crippen LogP contribution in [0, 0.1) is 0 Å². The third kappa shape index (κ3) is 1.99. The van der Waals surface area contributed by atoms with Crippen molar-refractivity contribution >= 4 is 33.4 Å². The Hall–Kier alpha value is -0.630. The van der Waals surface area contributed by atoms with Gasteiger partial charge in [0.25, 0.3) is 0 Å². The topological polar surface area (TPSA) is 50.2 Å². The summed E-state index contributed by atoms with van der Waals surface area (Å²) in [7, 11) is 0. The molecule has 3 nitrogen and oxygen atoms in total.